The summed E-state index contributed by atoms with van der Waals surface area (Å²) in [6.07, 6.45) is 5.80. The molecule has 0 bridgehead atoms. The predicted octanol–water partition coefficient (Wildman–Crippen LogP) is 2.64. The highest BCUT2D eigenvalue weighted by molar-refractivity contribution is 14.1. The molecule has 0 aliphatic rings. The molecule has 0 radical (unpaired) electrons. The molecule has 0 aliphatic heterocycles. The van der Waals surface area contributed by atoms with Crippen molar-refractivity contribution >= 4 is 28.2 Å². The van der Waals surface area contributed by atoms with Gasteiger partial charge in [0, 0.05) is 23.0 Å². The van der Waals surface area contributed by atoms with E-state index in [0.717, 1.165) is 26.2 Å². The molecule has 0 unspecified atom stereocenters. The zero-order valence-corrected chi connectivity index (χ0v) is 10.8. The van der Waals surface area contributed by atoms with Gasteiger partial charge in [-0.3, -0.25) is 9.50 Å². The highest BCUT2D eigenvalue weighted by atomic mass is 127. The van der Waals surface area contributed by atoms with Gasteiger partial charge in [0.2, 0.25) is 0 Å². The van der Waals surface area contributed by atoms with Crippen molar-refractivity contribution in [3.05, 3.63) is 40.1 Å². The second-order valence-corrected chi connectivity index (χ2v) is 4.74. The second-order valence-electron chi connectivity index (χ2n) is 3.64. The molecule has 0 fully saturated rings. The third-order valence-corrected chi connectivity index (χ3v) is 3.40. The number of halogens is 1. The maximum atomic E-state index is 4.30. The molecule has 0 saturated carbocycles. The Balaban J connectivity index is 2.25. The fourth-order valence-corrected chi connectivity index (χ4v) is 2.28. The molecule has 0 spiro atoms. The van der Waals surface area contributed by atoms with Crippen LogP contribution in [0.4, 0.5) is 0 Å². The second kappa shape index (κ2) is 3.58. The number of H-pyrrole nitrogens is 1. The molecule has 4 nitrogen and oxygen atoms in total. The first-order valence-electron chi connectivity index (χ1n) is 4.88. The van der Waals surface area contributed by atoms with Crippen LogP contribution < -0.4 is 0 Å². The van der Waals surface area contributed by atoms with E-state index in [4.69, 9.17) is 0 Å². The van der Waals surface area contributed by atoms with E-state index < -0.39 is 0 Å². The lowest BCUT2D eigenvalue weighted by Gasteiger charge is -2.01. The number of aromatic nitrogens is 4. The molecule has 3 heterocycles. The van der Waals surface area contributed by atoms with E-state index >= 15 is 0 Å². The molecule has 0 atom stereocenters. The van der Waals surface area contributed by atoms with E-state index in [1.807, 2.05) is 25.4 Å². The lowest BCUT2D eigenvalue weighted by Crippen LogP contribution is -1.88. The lowest BCUT2D eigenvalue weighted by molar-refractivity contribution is 1.05. The number of hydrogen-bond acceptors (Lipinski definition) is 2. The largest absolute Gasteiger partial charge is 0.294 e. The molecule has 3 aromatic rings. The van der Waals surface area contributed by atoms with Gasteiger partial charge in [-0.05, 0) is 41.6 Å². The topological polar surface area (TPSA) is 46.0 Å². The summed E-state index contributed by atoms with van der Waals surface area (Å²) in [5, 5.41) is 6.98. The number of rotatable bonds is 1. The van der Waals surface area contributed by atoms with Crippen molar-refractivity contribution in [2.24, 2.45) is 0 Å². The van der Waals surface area contributed by atoms with Crippen molar-refractivity contribution in [2.45, 2.75) is 6.92 Å². The van der Waals surface area contributed by atoms with Crippen LogP contribution in [0, 0.1) is 10.6 Å². The van der Waals surface area contributed by atoms with Crippen LogP contribution >= 0.6 is 22.6 Å². The summed E-state index contributed by atoms with van der Waals surface area (Å²) in [6.45, 7) is 2.02. The number of fused-ring (bicyclic) bond motifs is 1. The predicted molar refractivity (Wildman–Crippen MR) is 70.2 cm³/mol. The third-order valence-electron chi connectivity index (χ3n) is 2.60. The van der Waals surface area contributed by atoms with Gasteiger partial charge in [-0.25, -0.2) is 4.98 Å². The third kappa shape index (κ3) is 1.42. The van der Waals surface area contributed by atoms with Gasteiger partial charge >= 0.3 is 0 Å². The van der Waals surface area contributed by atoms with Gasteiger partial charge in [-0.2, -0.15) is 5.10 Å². The fraction of sp³-hybridized carbons (Fsp3) is 0.0909. The number of pyridine rings is 1. The number of hydrogen-bond donors (Lipinski definition) is 1. The van der Waals surface area contributed by atoms with Gasteiger partial charge in [-0.15, -0.1) is 0 Å². The fourth-order valence-electron chi connectivity index (χ4n) is 1.75. The Bertz CT molecular complexity index is 653. The maximum Gasteiger partial charge on any atom is 0.137 e. The Morgan fingerprint density at radius 2 is 2.19 bits per heavy atom. The summed E-state index contributed by atoms with van der Waals surface area (Å²) < 4.78 is 3.18. The minimum atomic E-state index is 0.967. The molecule has 3 aromatic heterocycles. The minimum absolute atomic E-state index is 0.967. The highest BCUT2D eigenvalue weighted by Crippen LogP contribution is 2.22. The summed E-state index contributed by atoms with van der Waals surface area (Å²) in [7, 11) is 0. The van der Waals surface area contributed by atoms with Crippen LogP contribution in [0.3, 0.4) is 0 Å². The Morgan fingerprint density at radius 3 is 2.94 bits per heavy atom. The first kappa shape index (κ1) is 9.83. The number of nitrogens with zero attached hydrogens (tertiary/aromatic N) is 3. The smallest absolute Gasteiger partial charge is 0.137 e. The summed E-state index contributed by atoms with van der Waals surface area (Å²) >= 11 is 2.27. The van der Waals surface area contributed by atoms with Crippen LogP contribution in [0.1, 0.15) is 5.69 Å². The van der Waals surface area contributed by atoms with Crippen LogP contribution in [0.25, 0.3) is 16.8 Å². The SMILES string of the molecule is Cc1[nH]ncc1-c1ccc2ncc(I)n2c1. The number of aryl methyl sites for hydroxylation is 1. The zero-order chi connectivity index (χ0) is 11.1. The van der Waals surface area contributed by atoms with Crippen LogP contribution in [0.2, 0.25) is 0 Å². The van der Waals surface area contributed by atoms with Crippen LogP contribution in [-0.4, -0.2) is 19.6 Å². The standard InChI is InChI=1S/C11H9IN4/c1-7-9(4-14-15-7)8-2-3-11-13-5-10(12)16(11)6-8/h2-6H,1H3,(H,14,15). The molecule has 0 saturated heterocycles. The molecule has 1 N–H and O–H groups in total. The summed E-state index contributed by atoms with van der Waals surface area (Å²) in [5.41, 5.74) is 4.32. The summed E-state index contributed by atoms with van der Waals surface area (Å²) in [5.74, 6) is 0. The van der Waals surface area contributed by atoms with Gasteiger partial charge in [0.05, 0.1) is 12.4 Å². The number of aromatic amines is 1. The van der Waals surface area contributed by atoms with Gasteiger partial charge in [-0.1, -0.05) is 0 Å². The van der Waals surface area contributed by atoms with E-state index in [1.165, 1.54) is 0 Å². The first-order valence-corrected chi connectivity index (χ1v) is 5.96. The Morgan fingerprint density at radius 1 is 1.31 bits per heavy atom. The Kier molecular flexibility index (Phi) is 2.20. The molecule has 5 heteroatoms. The van der Waals surface area contributed by atoms with Crippen molar-refractivity contribution in [3.8, 4) is 11.1 Å². The molecule has 16 heavy (non-hydrogen) atoms. The van der Waals surface area contributed by atoms with E-state index in [2.05, 4.69) is 54.4 Å². The first-order chi connectivity index (χ1) is 7.75. The van der Waals surface area contributed by atoms with E-state index in [-0.39, 0.29) is 0 Å². The van der Waals surface area contributed by atoms with E-state index in [0.29, 0.717) is 0 Å². The average molecular weight is 324 g/mol. The van der Waals surface area contributed by atoms with Gasteiger partial charge in [0.25, 0.3) is 0 Å². The van der Waals surface area contributed by atoms with Crippen molar-refractivity contribution in [1.82, 2.24) is 19.6 Å². The molecule has 3 rings (SSSR count). The molecule has 0 amide bonds. The number of nitrogens with one attached hydrogen (secondary N) is 1. The molecule has 80 valence electrons. The molecular weight excluding hydrogens is 315 g/mol. The zero-order valence-electron chi connectivity index (χ0n) is 8.61. The highest BCUT2D eigenvalue weighted by Gasteiger charge is 2.06. The van der Waals surface area contributed by atoms with Crippen molar-refractivity contribution in [2.75, 3.05) is 0 Å². The quantitative estimate of drug-likeness (QED) is 0.700. The van der Waals surface area contributed by atoms with Gasteiger partial charge in [0.1, 0.15) is 9.35 Å². The van der Waals surface area contributed by atoms with Gasteiger partial charge < -0.3 is 0 Å². The monoisotopic (exact) mass is 324 g/mol. The van der Waals surface area contributed by atoms with Crippen molar-refractivity contribution < 1.29 is 0 Å². The van der Waals surface area contributed by atoms with Crippen LogP contribution in [0.15, 0.2) is 30.7 Å². The Hall–Kier alpha value is -1.37. The van der Waals surface area contributed by atoms with Crippen molar-refractivity contribution in [3.63, 3.8) is 0 Å². The lowest BCUT2D eigenvalue weighted by atomic mass is 10.1. The minimum Gasteiger partial charge on any atom is -0.294 e. The normalized spacial score (nSPS) is 11.1. The molecular formula is C11H9IN4. The van der Waals surface area contributed by atoms with E-state index in [1.54, 1.807) is 0 Å². The molecule has 0 aromatic carbocycles. The van der Waals surface area contributed by atoms with Crippen molar-refractivity contribution in [1.29, 1.82) is 0 Å². The van der Waals surface area contributed by atoms with E-state index in [9.17, 15) is 0 Å². The Labute approximate surface area is 106 Å². The number of imidazole rings is 1. The summed E-state index contributed by atoms with van der Waals surface area (Å²) in [6, 6.07) is 4.08. The summed E-state index contributed by atoms with van der Waals surface area (Å²) in [4.78, 5) is 4.30. The molecule has 0 aliphatic carbocycles. The van der Waals surface area contributed by atoms with Crippen LogP contribution in [-0.2, 0) is 0 Å². The van der Waals surface area contributed by atoms with Crippen LogP contribution in [0.5, 0.6) is 0 Å². The van der Waals surface area contributed by atoms with Gasteiger partial charge in [0.15, 0.2) is 0 Å². The average Bonchev–Trinajstić information content (AvgIpc) is 2.86. The maximum absolute atomic E-state index is 4.30.